The Balaban J connectivity index is 1.43. The molecule has 37 heavy (non-hydrogen) atoms. The highest BCUT2D eigenvalue weighted by atomic mass is 35.5. The van der Waals surface area contributed by atoms with Crippen LogP contribution in [0.25, 0.3) is 0 Å². The predicted molar refractivity (Wildman–Crippen MR) is 139 cm³/mol. The van der Waals surface area contributed by atoms with Crippen molar-refractivity contribution < 1.29 is 19.0 Å². The van der Waals surface area contributed by atoms with E-state index in [0.29, 0.717) is 28.7 Å². The van der Waals surface area contributed by atoms with Crippen molar-refractivity contribution in [1.29, 1.82) is 5.26 Å². The largest absolute Gasteiger partial charge is 0.489 e. The van der Waals surface area contributed by atoms with E-state index < -0.39 is 11.9 Å². The number of fused-ring (bicyclic) bond motifs is 1. The molecule has 0 aliphatic carbocycles. The first-order valence-electron chi connectivity index (χ1n) is 11.5. The lowest BCUT2D eigenvalue weighted by molar-refractivity contribution is 0.0734. The molecule has 4 aromatic carbocycles. The number of rotatable bonds is 6. The molecule has 6 nitrogen and oxygen atoms in total. The Bertz CT molecular complexity index is 1540. The Kier molecular flexibility index (Phi) is 6.80. The highest BCUT2D eigenvalue weighted by molar-refractivity contribution is 6.33. The number of halogens is 1. The molecule has 0 saturated heterocycles. The van der Waals surface area contributed by atoms with Gasteiger partial charge in [0.15, 0.2) is 0 Å². The van der Waals surface area contributed by atoms with Crippen LogP contribution in [0.2, 0.25) is 5.02 Å². The molecule has 0 fully saturated rings. The third kappa shape index (κ3) is 5.13. The van der Waals surface area contributed by atoms with Crippen molar-refractivity contribution in [3.05, 3.63) is 136 Å². The van der Waals surface area contributed by atoms with Crippen molar-refractivity contribution in [1.82, 2.24) is 0 Å². The van der Waals surface area contributed by atoms with E-state index in [2.05, 4.69) is 6.07 Å². The minimum atomic E-state index is -0.595. The zero-order chi connectivity index (χ0) is 25.8. The van der Waals surface area contributed by atoms with Crippen molar-refractivity contribution in [3.63, 3.8) is 0 Å². The van der Waals surface area contributed by atoms with E-state index in [-0.39, 0.29) is 22.8 Å². The van der Waals surface area contributed by atoms with E-state index in [9.17, 15) is 10.1 Å². The van der Waals surface area contributed by atoms with Crippen molar-refractivity contribution in [3.8, 4) is 23.3 Å². The maximum Gasteiger partial charge on any atom is 0.345 e. The van der Waals surface area contributed by atoms with Gasteiger partial charge in [0, 0.05) is 11.6 Å². The summed E-state index contributed by atoms with van der Waals surface area (Å²) >= 11 is 6.12. The van der Waals surface area contributed by atoms with E-state index in [0.717, 1.165) is 11.1 Å². The van der Waals surface area contributed by atoms with E-state index in [4.69, 9.17) is 31.5 Å². The Morgan fingerprint density at radius 1 is 0.946 bits per heavy atom. The summed E-state index contributed by atoms with van der Waals surface area (Å²) in [7, 11) is 0. The van der Waals surface area contributed by atoms with Gasteiger partial charge >= 0.3 is 5.97 Å². The zero-order valence-electron chi connectivity index (χ0n) is 19.6. The van der Waals surface area contributed by atoms with Gasteiger partial charge in [-0.1, -0.05) is 72.3 Å². The van der Waals surface area contributed by atoms with Gasteiger partial charge < -0.3 is 19.9 Å². The fraction of sp³-hybridized carbons (Fsp3) is 0.0667. The van der Waals surface area contributed by atoms with Gasteiger partial charge in [0.05, 0.1) is 16.5 Å². The molecule has 1 heterocycles. The SMILES string of the molecule is N#CC1=C(N)Oc2cc(OC(=O)c3ccccc3Cl)ccc2C1c1cccc(OCc2ccccc2)c1. The second kappa shape index (κ2) is 10.5. The van der Waals surface area contributed by atoms with Gasteiger partial charge in [0.1, 0.15) is 35.5 Å². The Hall–Kier alpha value is -4.73. The molecule has 0 spiro atoms. The molecular weight excluding hydrogens is 488 g/mol. The summed E-state index contributed by atoms with van der Waals surface area (Å²) in [4.78, 5) is 12.6. The number of nitrogens with zero attached hydrogens (tertiary/aromatic N) is 1. The topological polar surface area (TPSA) is 94.6 Å². The molecule has 0 bridgehead atoms. The van der Waals surface area contributed by atoms with Gasteiger partial charge in [-0.05, 0) is 41.5 Å². The molecular formula is C30H21ClN2O4. The first kappa shape index (κ1) is 24.0. The number of carbonyl (C=O) groups is 1. The van der Waals surface area contributed by atoms with Gasteiger partial charge in [0.25, 0.3) is 0 Å². The smallest absolute Gasteiger partial charge is 0.345 e. The summed E-state index contributed by atoms with van der Waals surface area (Å²) in [5, 5.41) is 10.2. The highest BCUT2D eigenvalue weighted by Crippen LogP contribution is 2.44. The number of carbonyl (C=O) groups excluding carboxylic acids is 1. The first-order chi connectivity index (χ1) is 18.0. The number of ether oxygens (including phenoxy) is 3. The Labute approximate surface area is 219 Å². The number of hydrogen-bond acceptors (Lipinski definition) is 6. The molecule has 0 amide bonds. The lowest BCUT2D eigenvalue weighted by Crippen LogP contribution is -2.21. The second-order valence-electron chi connectivity index (χ2n) is 8.34. The summed E-state index contributed by atoms with van der Waals surface area (Å²) in [6.45, 7) is 0.415. The fourth-order valence-corrected chi connectivity index (χ4v) is 4.37. The van der Waals surface area contributed by atoms with Crippen LogP contribution in [0.15, 0.2) is 109 Å². The van der Waals surface area contributed by atoms with E-state index >= 15 is 0 Å². The molecule has 0 radical (unpaired) electrons. The van der Waals surface area contributed by atoms with Crippen LogP contribution in [0.5, 0.6) is 17.2 Å². The lowest BCUT2D eigenvalue weighted by atomic mass is 9.83. The molecule has 2 N–H and O–H groups in total. The van der Waals surface area contributed by atoms with Crippen LogP contribution in [-0.2, 0) is 6.61 Å². The van der Waals surface area contributed by atoms with Crippen LogP contribution in [0.1, 0.15) is 33.0 Å². The van der Waals surface area contributed by atoms with Crippen molar-refractivity contribution in [2.75, 3.05) is 0 Å². The number of esters is 1. The standard InChI is InChI=1S/C30H21ClN2O4/c31-26-12-5-4-11-23(26)30(34)36-22-13-14-24-27(16-22)37-29(33)25(17-32)28(24)20-9-6-10-21(15-20)35-18-19-7-2-1-3-8-19/h1-16,28H,18,33H2. The number of nitrogens with two attached hydrogens (primary N) is 1. The summed E-state index contributed by atoms with van der Waals surface area (Å²) in [6.07, 6.45) is 0. The minimum Gasteiger partial charge on any atom is -0.489 e. The average molecular weight is 509 g/mol. The first-order valence-corrected chi connectivity index (χ1v) is 11.9. The normalized spacial score (nSPS) is 14.2. The molecule has 7 heteroatoms. The van der Waals surface area contributed by atoms with Crippen LogP contribution >= 0.6 is 11.6 Å². The number of allylic oxidation sites excluding steroid dienone is 1. The number of nitriles is 1. The maximum atomic E-state index is 12.6. The van der Waals surface area contributed by atoms with Gasteiger partial charge in [-0.25, -0.2) is 4.79 Å². The lowest BCUT2D eigenvalue weighted by Gasteiger charge is -2.27. The summed E-state index contributed by atoms with van der Waals surface area (Å²) in [5.74, 6) is 0.225. The van der Waals surface area contributed by atoms with Crippen molar-refractivity contribution >= 4 is 17.6 Å². The Morgan fingerprint density at radius 2 is 1.73 bits per heavy atom. The molecule has 182 valence electrons. The molecule has 1 unspecified atom stereocenters. The predicted octanol–water partition coefficient (Wildman–Crippen LogP) is 6.36. The molecule has 0 saturated carbocycles. The summed E-state index contributed by atoms with van der Waals surface area (Å²) < 4.78 is 17.3. The molecule has 5 rings (SSSR count). The molecule has 0 aromatic heterocycles. The van der Waals surface area contributed by atoms with Crippen LogP contribution in [0, 0.1) is 11.3 Å². The summed E-state index contributed by atoms with van der Waals surface area (Å²) in [5.41, 5.74) is 9.25. The Morgan fingerprint density at radius 3 is 2.51 bits per heavy atom. The van der Waals surface area contributed by atoms with Crippen LogP contribution in [-0.4, -0.2) is 5.97 Å². The van der Waals surface area contributed by atoms with Gasteiger partial charge in [-0.2, -0.15) is 5.26 Å². The van der Waals surface area contributed by atoms with Gasteiger partial charge in [-0.3, -0.25) is 0 Å². The second-order valence-corrected chi connectivity index (χ2v) is 8.75. The van der Waals surface area contributed by atoms with E-state index in [1.54, 1.807) is 42.5 Å². The van der Waals surface area contributed by atoms with Crippen LogP contribution in [0.3, 0.4) is 0 Å². The van der Waals surface area contributed by atoms with Gasteiger partial charge in [-0.15, -0.1) is 0 Å². The van der Waals surface area contributed by atoms with E-state index in [1.807, 2.05) is 54.6 Å². The molecule has 1 aliphatic rings. The van der Waals surface area contributed by atoms with Crippen molar-refractivity contribution in [2.45, 2.75) is 12.5 Å². The quantitative estimate of drug-likeness (QED) is 0.240. The fourth-order valence-electron chi connectivity index (χ4n) is 4.16. The number of hydrogen-bond donors (Lipinski definition) is 1. The highest BCUT2D eigenvalue weighted by Gasteiger charge is 2.31. The van der Waals surface area contributed by atoms with E-state index in [1.165, 1.54) is 0 Å². The maximum absolute atomic E-state index is 12.6. The molecule has 4 aromatic rings. The third-order valence-corrected chi connectivity index (χ3v) is 6.26. The van der Waals surface area contributed by atoms with Crippen LogP contribution < -0.4 is 19.9 Å². The van der Waals surface area contributed by atoms with Gasteiger partial charge in [0.2, 0.25) is 5.88 Å². The van der Waals surface area contributed by atoms with Crippen LogP contribution in [0.4, 0.5) is 0 Å². The summed E-state index contributed by atoms with van der Waals surface area (Å²) in [6, 6.07) is 31.2. The zero-order valence-corrected chi connectivity index (χ0v) is 20.3. The minimum absolute atomic E-state index is 0.00909. The molecule has 1 aliphatic heterocycles. The average Bonchev–Trinajstić information content (AvgIpc) is 2.92. The third-order valence-electron chi connectivity index (χ3n) is 5.93. The van der Waals surface area contributed by atoms with Crippen molar-refractivity contribution in [2.24, 2.45) is 5.73 Å². The molecule has 1 atom stereocenters. The monoisotopic (exact) mass is 508 g/mol. The number of benzene rings is 4.